The van der Waals surface area contributed by atoms with Crippen LogP contribution in [0.4, 0.5) is 17.2 Å². The van der Waals surface area contributed by atoms with E-state index in [1.165, 1.54) is 32.3 Å². The molecule has 12 nitrogen and oxygen atoms in total. The molecule has 42 heavy (non-hydrogen) atoms. The third-order valence-electron chi connectivity index (χ3n) is 7.02. The second-order valence-electron chi connectivity index (χ2n) is 9.53. The predicted octanol–water partition coefficient (Wildman–Crippen LogP) is 3.26. The Morgan fingerprint density at radius 3 is 2.50 bits per heavy atom. The third-order valence-corrected chi connectivity index (χ3v) is 7.02. The molecule has 4 amide bonds. The highest BCUT2D eigenvalue weighted by atomic mass is 16.5. The summed E-state index contributed by atoms with van der Waals surface area (Å²) in [6.07, 6.45) is 5.02. The van der Waals surface area contributed by atoms with Crippen LogP contribution in [0.1, 0.15) is 34.3 Å². The Bertz CT molecular complexity index is 1580. The largest absolute Gasteiger partial charge is 0.493 e. The molecular weight excluding hydrogens is 542 g/mol. The van der Waals surface area contributed by atoms with Crippen molar-refractivity contribution in [3.05, 3.63) is 71.4 Å². The smallest absolute Gasteiger partial charge is 0.255 e. The third kappa shape index (κ3) is 5.59. The first kappa shape index (κ1) is 28.1. The van der Waals surface area contributed by atoms with Crippen LogP contribution in [0, 0.1) is 0 Å². The topological polar surface area (TPSA) is 148 Å². The van der Waals surface area contributed by atoms with Gasteiger partial charge < -0.3 is 29.7 Å². The van der Waals surface area contributed by atoms with Crippen molar-refractivity contribution in [2.24, 2.45) is 0 Å². The Morgan fingerprint density at radius 1 is 1.05 bits per heavy atom. The van der Waals surface area contributed by atoms with E-state index in [9.17, 15) is 19.2 Å². The molecule has 1 saturated heterocycles. The molecule has 216 valence electrons. The number of carbonyl (C=O) groups is 4. The van der Waals surface area contributed by atoms with Crippen LogP contribution >= 0.6 is 0 Å². The maximum absolute atomic E-state index is 13.1. The first-order valence-corrected chi connectivity index (χ1v) is 13.1. The molecule has 1 aromatic heterocycles. The fourth-order valence-corrected chi connectivity index (χ4v) is 4.99. The summed E-state index contributed by atoms with van der Waals surface area (Å²) in [7, 11) is 4.58. The highest BCUT2D eigenvalue weighted by Gasteiger charge is 2.39. The van der Waals surface area contributed by atoms with Crippen LogP contribution in [-0.4, -0.2) is 60.9 Å². The average molecular weight is 572 g/mol. The Morgan fingerprint density at radius 2 is 1.81 bits per heavy atom. The van der Waals surface area contributed by atoms with Gasteiger partial charge in [-0.15, -0.1) is 0 Å². The number of rotatable bonds is 9. The predicted molar refractivity (Wildman–Crippen MR) is 154 cm³/mol. The van der Waals surface area contributed by atoms with Crippen LogP contribution in [0.3, 0.4) is 0 Å². The molecule has 1 atom stereocenters. The molecular formula is C30H29N5O7. The Hall–Kier alpha value is -5.39. The molecule has 0 bridgehead atoms. The van der Waals surface area contributed by atoms with Gasteiger partial charge in [0.2, 0.25) is 23.5 Å². The Labute approximate surface area is 241 Å². The van der Waals surface area contributed by atoms with Gasteiger partial charge in [0.25, 0.3) is 5.91 Å². The van der Waals surface area contributed by atoms with Crippen molar-refractivity contribution >= 4 is 46.9 Å². The van der Waals surface area contributed by atoms with E-state index in [-0.39, 0.29) is 31.2 Å². The van der Waals surface area contributed by atoms with Gasteiger partial charge in [-0.2, -0.15) is 0 Å². The molecule has 3 aromatic rings. The first-order valence-electron chi connectivity index (χ1n) is 13.1. The highest BCUT2D eigenvalue weighted by Crippen LogP contribution is 2.40. The fourth-order valence-electron chi connectivity index (χ4n) is 4.99. The molecule has 0 saturated carbocycles. The quantitative estimate of drug-likeness (QED) is 0.260. The Kier molecular flexibility index (Phi) is 8.05. The molecule has 1 fully saturated rings. The van der Waals surface area contributed by atoms with Crippen molar-refractivity contribution in [3.63, 3.8) is 0 Å². The van der Waals surface area contributed by atoms with E-state index in [0.717, 1.165) is 0 Å². The summed E-state index contributed by atoms with van der Waals surface area (Å²) in [5.74, 6) is 0.305. The monoisotopic (exact) mass is 571 g/mol. The molecule has 2 aliphatic rings. The number of benzene rings is 2. The van der Waals surface area contributed by atoms with Crippen molar-refractivity contribution in [3.8, 4) is 17.2 Å². The van der Waals surface area contributed by atoms with Crippen molar-refractivity contribution in [1.82, 2.24) is 15.2 Å². The fraction of sp³-hybridized carbons (Fsp3) is 0.233. The normalized spacial score (nSPS) is 16.2. The van der Waals surface area contributed by atoms with Gasteiger partial charge in [0.1, 0.15) is 11.9 Å². The zero-order valence-corrected chi connectivity index (χ0v) is 23.2. The number of hydrogen-bond acceptors (Lipinski definition) is 9. The van der Waals surface area contributed by atoms with Crippen molar-refractivity contribution < 1.29 is 33.4 Å². The molecule has 3 N–H and O–H groups in total. The maximum Gasteiger partial charge on any atom is 0.255 e. The lowest BCUT2D eigenvalue weighted by atomic mass is 10.0. The van der Waals surface area contributed by atoms with Gasteiger partial charge in [-0.1, -0.05) is 6.07 Å². The highest BCUT2D eigenvalue weighted by molar-refractivity contribution is 6.08. The average Bonchev–Trinajstić information content (AvgIpc) is 3.33. The first-order chi connectivity index (χ1) is 20.3. The van der Waals surface area contributed by atoms with Gasteiger partial charge in [0.15, 0.2) is 11.5 Å². The summed E-state index contributed by atoms with van der Waals surface area (Å²) in [4.78, 5) is 55.8. The van der Waals surface area contributed by atoms with Gasteiger partial charge in [0.05, 0.1) is 21.3 Å². The number of pyridine rings is 1. The van der Waals surface area contributed by atoms with Crippen LogP contribution in [0.25, 0.3) is 6.08 Å². The SMILES string of the molecule is COc1cc(Nc2ncccc2/C=C/C(=O)Nc2cccc3c2CN(C2CCC(=O)NC2=O)C3=O)cc(OC)c1OC. The summed E-state index contributed by atoms with van der Waals surface area (Å²) in [6, 6.07) is 11.3. The summed E-state index contributed by atoms with van der Waals surface area (Å²) < 4.78 is 16.2. The number of carbonyl (C=O) groups excluding carboxylic acids is 4. The number of hydrogen-bond donors (Lipinski definition) is 3. The molecule has 2 aliphatic heterocycles. The summed E-state index contributed by atoms with van der Waals surface area (Å²) in [6.45, 7) is 0.145. The van der Waals surface area contributed by atoms with Gasteiger partial charge in [-0.05, 0) is 36.8 Å². The lowest BCUT2D eigenvalue weighted by Crippen LogP contribution is -2.52. The van der Waals surface area contributed by atoms with E-state index in [1.54, 1.807) is 54.7 Å². The summed E-state index contributed by atoms with van der Waals surface area (Å²) >= 11 is 0. The summed E-state index contributed by atoms with van der Waals surface area (Å²) in [5.41, 5.74) is 2.75. The standard InChI is InChI=1S/C30H29N5O7/c1-40-23-14-18(15-24(41-2)27(23)42-3)32-28-17(6-5-13-31-28)9-11-25(36)33-21-8-4-7-19-20(21)16-35(30(19)39)22-10-12-26(37)34-29(22)38/h4-9,11,13-15,22H,10,12,16H2,1-3H3,(H,31,32)(H,33,36)(H,34,37,38)/b11-9+. The van der Waals surface area contributed by atoms with E-state index in [2.05, 4.69) is 20.9 Å². The number of methoxy groups -OCH3 is 3. The molecule has 0 radical (unpaired) electrons. The molecule has 5 rings (SSSR count). The summed E-state index contributed by atoms with van der Waals surface area (Å²) in [5, 5.41) is 8.35. The lowest BCUT2D eigenvalue weighted by Gasteiger charge is -2.29. The number of aromatic nitrogens is 1. The maximum atomic E-state index is 13.1. The van der Waals surface area contributed by atoms with Gasteiger partial charge in [-0.25, -0.2) is 4.98 Å². The number of fused-ring (bicyclic) bond motifs is 1. The Balaban J connectivity index is 1.31. The van der Waals surface area contributed by atoms with Crippen molar-refractivity contribution in [2.75, 3.05) is 32.0 Å². The van der Waals surface area contributed by atoms with Crippen LogP contribution in [0.15, 0.2) is 54.7 Å². The second kappa shape index (κ2) is 12.0. The van der Waals surface area contributed by atoms with Gasteiger partial charge in [-0.3, -0.25) is 24.5 Å². The molecule has 12 heteroatoms. The number of nitrogens with one attached hydrogen (secondary N) is 3. The van der Waals surface area contributed by atoms with Crippen LogP contribution in [-0.2, 0) is 20.9 Å². The van der Waals surface area contributed by atoms with E-state index >= 15 is 0 Å². The van der Waals surface area contributed by atoms with E-state index < -0.39 is 17.9 Å². The zero-order valence-electron chi connectivity index (χ0n) is 23.2. The lowest BCUT2D eigenvalue weighted by molar-refractivity contribution is -0.137. The van der Waals surface area contributed by atoms with Crippen LogP contribution in [0.5, 0.6) is 17.2 Å². The van der Waals surface area contributed by atoms with E-state index in [4.69, 9.17) is 14.2 Å². The molecule has 0 spiro atoms. The number of amides is 4. The van der Waals surface area contributed by atoms with Crippen molar-refractivity contribution in [2.45, 2.75) is 25.4 Å². The molecule has 2 aromatic carbocycles. The zero-order chi connectivity index (χ0) is 29.8. The number of nitrogens with zero attached hydrogens (tertiary/aromatic N) is 2. The molecule has 3 heterocycles. The molecule has 0 aliphatic carbocycles. The number of imide groups is 1. The minimum atomic E-state index is -0.742. The number of anilines is 3. The number of piperidine rings is 1. The number of ether oxygens (including phenoxy) is 3. The van der Waals surface area contributed by atoms with Gasteiger partial charge >= 0.3 is 0 Å². The van der Waals surface area contributed by atoms with Gasteiger partial charge in [0, 0.05) is 65.4 Å². The van der Waals surface area contributed by atoms with Crippen molar-refractivity contribution in [1.29, 1.82) is 0 Å². The van der Waals surface area contributed by atoms with Crippen LogP contribution in [0.2, 0.25) is 0 Å². The minimum absolute atomic E-state index is 0.145. The molecule has 1 unspecified atom stereocenters. The van der Waals surface area contributed by atoms with E-state index in [0.29, 0.717) is 51.1 Å². The van der Waals surface area contributed by atoms with Crippen LogP contribution < -0.4 is 30.2 Å². The minimum Gasteiger partial charge on any atom is -0.493 e. The second-order valence-corrected chi connectivity index (χ2v) is 9.53. The van der Waals surface area contributed by atoms with E-state index in [1.807, 2.05) is 0 Å².